The molecule has 2 aromatic carbocycles. The summed E-state index contributed by atoms with van der Waals surface area (Å²) in [5, 5.41) is 3.30. The number of aryl methyl sites for hydroxylation is 2. The van der Waals surface area contributed by atoms with E-state index in [1.807, 2.05) is 51.1 Å². The largest absolute Gasteiger partial charge is 0.458 e. The summed E-state index contributed by atoms with van der Waals surface area (Å²) in [7, 11) is 0. The number of fused-ring (bicyclic) bond motifs is 3. The molecule has 0 bridgehead atoms. The number of carbonyl (C=O) groups is 2. The van der Waals surface area contributed by atoms with Crippen LogP contribution in [0.5, 0.6) is 0 Å². The van der Waals surface area contributed by atoms with Crippen molar-refractivity contribution in [2.45, 2.75) is 27.3 Å². The van der Waals surface area contributed by atoms with Crippen molar-refractivity contribution < 1.29 is 14.0 Å². The standard InChI is InChI=1S/C22H18BrNO3/c1-11-8-16-17(9-12(11)2)22-19(21(26)20(16)25)13(3)18(27-22)10-24-15-6-4-14(23)5-7-15/h4-9,24H,10H2,1-3H3. The molecule has 4 nitrogen and oxygen atoms in total. The Hall–Kier alpha value is -2.66. The van der Waals surface area contributed by atoms with Gasteiger partial charge in [0.05, 0.1) is 12.1 Å². The second-order valence-corrected chi connectivity index (χ2v) is 7.77. The average Bonchev–Trinajstić information content (AvgIpc) is 2.98. The van der Waals surface area contributed by atoms with E-state index in [4.69, 9.17) is 4.42 Å². The van der Waals surface area contributed by atoms with E-state index in [-0.39, 0.29) is 0 Å². The van der Waals surface area contributed by atoms with E-state index >= 15 is 0 Å². The molecule has 0 saturated carbocycles. The van der Waals surface area contributed by atoms with Gasteiger partial charge >= 0.3 is 0 Å². The van der Waals surface area contributed by atoms with Gasteiger partial charge in [0.2, 0.25) is 11.6 Å². The number of ketones is 2. The van der Waals surface area contributed by atoms with E-state index in [0.29, 0.717) is 34.8 Å². The summed E-state index contributed by atoms with van der Waals surface area (Å²) in [6.45, 7) is 6.19. The summed E-state index contributed by atoms with van der Waals surface area (Å²) in [5.74, 6) is 0.215. The Morgan fingerprint density at radius 2 is 1.56 bits per heavy atom. The third-order valence-corrected chi connectivity index (χ3v) is 5.63. The monoisotopic (exact) mass is 423 g/mol. The zero-order valence-electron chi connectivity index (χ0n) is 15.3. The molecule has 1 aromatic heterocycles. The highest BCUT2D eigenvalue weighted by atomic mass is 79.9. The molecule has 27 heavy (non-hydrogen) atoms. The van der Waals surface area contributed by atoms with Gasteiger partial charge in [0.15, 0.2) is 0 Å². The van der Waals surface area contributed by atoms with Gasteiger partial charge in [-0.1, -0.05) is 15.9 Å². The van der Waals surface area contributed by atoms with Crippen LogP contribution in [0.3, 0.4) is 0 Å². The summed E-state index contributed by atoms with van der Waals surface area (Å²) < 4.78 is 7.08. The van der Waals surface area contributed by atoms with Crippen LogP contribution in [0, 0.1) is 20.8 Å². The van der Waals surface area contributed by atoms with Crippen molar-refractivity contribution in [2.24, 2.45) is 0 Å². The maximum absolute atomic E-state index is 12.7. The van der Waals surface area contributed by atoms with Gasteiger partial charge in [0.25, 0.3) is 0 Å². The van der Waals surface area contributed by atoms with Crippen molar-refractivity contribution in [3.8, 4) is 11.3 Å². The molecule has 3 aromatic rings. The molecule has 1 heterocycles. The van der Waals surface area contributed by atoms with Crippen molar-refractivity contribution >= 4 is 33.2 Å². The average molecular weight is 424 g/mol. The molecule has 1 aliphatic carbocycles. The Morgan fingerprint density at radius 1 is 0.926 bits per heavy atom. The number of benzene rings is 2. The van der Waals surface area contributed by atoms with Crippen LogP contribution in [0.2, 0.25) is 0 Å². The van der Waals surface area contributed by atoms with Crippen LogP contribution in [0.15, 0.2) is 45.3 Å². The molecule has 0 radical (unpaired) electrons. The van der Waals surface area contributed by atoms with Gasteiger partial charge in [-0.2, -0.15) is 0 Å². The lowest BCUT2D eigenvalue weighted by Gasteiger charge is -2.15. The van der Waals surface area contributed by atoms with Crippen LogP contribution >= 0.6 is 15.9 Å². The minimum atomic E-state index is -0.489. The second kappa shape index (κ2) is 6.50. The minimum Gasteiger partial charge on any atom is -0.458 e. The molecule has 4 rings (SSSR count). The highest BCUT2D eigenvalue weighted by molar-refractivity contribution is 9.10. The molecule has 0 amide bonds. The van der Waals surface area contributed by atoms with Crippen LogP contribution < -0.4 is 5.32 Å². The Labute approximate surface area is 165 Å². The van der Waals surface area contributed by atoms with Crippen LogP contribution in [0.4, 0.5) is 5.69 Å². The lowest BCUT2D eigenvalue weighted by molar-refractivity contribution is 0.0814. The normalized spacial score (nSPS) is 12.7. The van der Waals surface area contributed by atoms with Crippen molar-refractivity contribution in [3.63, 3.8) is 0 Å². The number of anilines is 1. The molecule has 0 fully saturated rings. The number of hydrogen-bond donors (Lipinski definition) is 1. The number of halogens is 1. The van der Waals surface area contributed by atoms with Gasteiger partial charge in [-0.3, -0.25) is 9.59 Å². The first-order valence-electron chi connectivity index (χ1n) is 8.69. The molecule has 0 spiro atoms. The third-order valence-electron chi connectivity index (χ3n) is 5.10. The predicted molar refractivity (Wildman–Crippen MR) is 108 cm³/mol. The van der Waals surface area contributed by atoms with Crippen molar-refractivity contribution in [2.75, 3.05) is 5.32 Å². The van der Waals surface area contributed by atoms with Crippen LogP contribution in [-0.2, 0) is 6.54 Å². The Kier molecular flexibility index (Phi) is 4.27. The molecule has 1 N–H and O–H groups in total. The van der Waals surface area contributed by atoms with Crippen LogP contribution in [0.25, 0.3) is 11.3 Å². The lowest BCUT2D eigenvalue weighted by atomic mass is 9.85. The SMILES string of the molecule is Cc1cc2c(cc1C)-c1oc(CNc3ccc(Br)cc3)c(C)c1C(=O)C2=O. The van der Waals surface area contributed by atoms with E-state index in [2.05, 4.69) is 21.2 Å². The summed E-state index contributed by atoms with van der Waals surface area (Å²) >= 11 is 3.41. The van der Waals surface area contributed by atoms with Crippen LogP contribution in [0.1, 0.15) is 43.2 Å². The fourth-order valence-electron chi connectivity index (χ4n) is 3.37. The molecule has 0 unspecified atom stereocenters. The van der Waals surface area contributed by atoms with E-state index in [0.717, 1.165) is 26.9 Å². The van der Waals surface area contributed by atoms with E-state index in [1.54, 1.807) is 6.07 Å². The molecule has 1 aliphatic rings. The predicted octanol–water partition coefficient (Wildman–Crippen LogP) is 5.63. The van der Waals surface area contributed by atoms with Gasteiger partial charge in [-0.15, -0.1) is 0 Å². The smallest absolute Gasteiger partial charge is 0.237 e. The minimum absolute atomic E-state index is 0.392. The summed E-state index contributed by atoms with van der Waals surface area (Å²) in [4.78, 5) is 25.3. The van der Waals surface area contributed by atoms with Crippen LogP contribution in [-0.4, -0.2) is 11.6 Å². The number of carbonyl (C=O) groups excluding carboxylic acids is 2. The summed E-state index contributed by atoms with van der Waals surface area (Å²) in [6.07, 6.45) is 0. The fourth-order valence-corrected chi connectivity index (χ4v) is 3.63. The van der Waals surface area contributed by atoms with E-state index in [9.17, 15) is 9.59 Å². The van der Waals surface area contributed by atoms with Crippen molar-refractivity contribution in [3.05, 3.63) is 74.4 Å². The molecule has 136 valence electrons. The Balaban J connectivity index is 1.75. The topological polar surface area (TPSA) is 59.3 Å². The maximum atomic E-state index is 12.7. The third kappa shape index (κ3) is 2.92. The second-order valence-electron chi connectivity index (χ2n) is 6.86. The van der Waals surface area contributed by atoms with Gasteiger partial charge in [0.1, 0.15) is 11.5 Å². The highest BCUT2D eigenvalue weighted by Gasteiger charge is 2.36. The number of hydrogen-bond acceptors (Lipinski definition) is 4. The van der Waals surface area contributed by atoms with Gasteiger partial charge in [-0.25, -0.2) is 0 Å². The van der Waals surface area contributed by atoms with Gasteiger partial charge in [-0.05, 0) is 68.3 Å². The fraction of sp³-hybridized carbons (Fsp3) is 0.182. The van der Waals surface area contributed by atoms with Gasteiger partial charge < -0.3 is 9.73 Å². The molecular weight excluding hydrogens is 406 g/mol. The first kappa shape index (κ1) is 17.7. The summed E-state index contributed by atoms with van der Waals surface area (Å²) in [6, 6.07) is 11.5. The Morgan fingerprint density at radius 3 is 2.22 bits per heavy atom. The summed E-state index contributed by atoms with van der Waals surface area (Å²) in [5.41, 5.74) is 5.23. The molecule has 0 aliphatic heterocycles. The number of furan rings is 1. The molecule has 5 heteroatoms. The Bertz CT molecular complexity index is 1090. The highest BCUT2D eigenvalue weighted by Crippen LogP contribution is 2.39. The maximum Gasteiger partial charge on any atom is 0.237 e. The van der Waals surface area contributed by atoms with E-state index < -0.39 is 11.6 Å². The first-order chi connectivity index (χ1) is 12.9. The quantitative estimate of drug-likeness (QED) is 0.554. The number of nitrogens with one attached hydrogen (secondary N) is 1. The zero-order valence-corrected chi connectivity index (χ0v) is 16.9. The molecule has 0 atom stereocenters. The molecule has 0 saturated heterocycles. The first-order valence-corrected chi connectivity index (χ1v) is 9.48. The van der Waals surface area contributed by atoms with Crippen molar-refractivity contribution in [1.82, 2.24) is 0 Å². The number of rotatable bonds is 3. The molecular formula is C22H18BrNO3. The van der Waals surface area contributed by atoms with Gasteiger partial charge in [0, 0.05) is 26.9 Å². The number of Topliss-reactive ketones (excluding diaryl/α,β-unsaturated/α-hetero) is 2. The van der Waals surface area contributed by atoms with Crippen molar-refractivity contribution in [1.29, 1.82) is 0 Å². The zero-order chi connectivity index (χ0) is 19.3. The van der Waals surface area contributed by atoms with E-state index in [1.165, 1.54) is 0 Å². The lowest BCUT2D eigenvalue weighted by Crippen LogP contribution is -2.21.